The summed E-state index contributed by atoms with van der Waals surface area (Å²) in [6.45, 7) is 0. The van der Waals surface area contributed by atoms with E-state index in [9.17, 15) is 14.9 Å². The first-order valence-electron chi connectivity index (χ1n) is 3.76. The molecule has 0 bridgehead atoms. The van der Waals surface area contributed by atoms with Gasteiger partial charge in [0.1, 0.15) is 4.47 Å². The van der Waals surface area contributed by atoms with Gasteiger partial charge in [0, 0.05) is 10.5 Å². The summed E-state index contributed by atoms with van der Waals surface area (Å²) in [6.07, 6.45) is -0.183. The third kappa shape index (κ3) is 2.75. The highest BCUT2D eigenvalue weighted by Crippen LogP contribution is 2.35. The van der Waals surface area contributed by atoms with Gasteiger partial charge in [0.2, 0.25) is 0 Å². The Labute approximate surface area is 102 Å². The summed E-state index contributed by atoms with van der Waals surface area (Å²) in [5, 5.41) is 19.1. The number of carbonyl (C=O) groups is 1. The van der Waals surface area contributed by atoms with Gasteiger partial charge in [-0.2, -0.15) is 0 Å². The quantitative estimate of drug-likeness (QED) is 0.678. The Morgan fingerprint density at radius 1 is 1.40 bits per heavy atom. The van der Waals surface area contributed by atoms with Crippen LogP contribution in [0.4, 0.5) is 5.69 Å². The maximum absolute atomic E-state index is 10.5. The summed E-state index contributed by atoms with van der Waals surface area (Å²) in [4.78, 5) is 20.5. The highest BCUT2D eigenvalue weighted by Gasteiger charge is 2.18. The molecule has 7 heteroatoms. The van der Waals surface area contributed by atoms with Crippen molar-refractivity contribution in [2.45, 2.75) is 6.42 Å². The van der Waals surface area contributed by atoms with E-state index in [0.717, 1.165) is 0 Å². The summed E-state index contributed by atoms with van der Waals surface area (Å²) in [7, 11) is 0. The Hall–Kier alpha value is -0.950. The third-order valence-corrected chi connectivity index (χ3v) is 3.92. The molecule has 0 saturated heterocycles. The van der Waals surface area contributed by atoms with Crippen molar-refractivity contribution in [3.63, 3.8) is 0 Å². The molecule has 0 aliphatic rings. The molecule has 1 aromatic rings. The zero-order chi connectivity index (χ0) is 11.6. The van der Waals surface area contributed by atoms with Crippen molar-refractivity contribution < 1.29 is 14.8 Å². The minimum absolute atomic E-state index is 0.101. The van der Waals surface area contributed by atoms with Crippen molar-refractivity contribution in [2.75, 3.05) is 0 Å². The predicted molar refractivity (Wildman–Crippen MR) is 59.8 cm³/mol. The second kappa shape index (κ2) is 4.71. The molecule has 0 aliphatic heterocycles. The van der Waals surface area contributed by atoms with E-state index in [4.69, 9.17) is 5.11 Å². The number of halogens is 2. The summed E-state index contributed by atoms with van der Waals surface area (Å²) >= 11 is 6.15. The standard InChI is InChI=1S/C8H5Br2NO4/c9-7-4(3-6(12)13)1-2-5(8(7)10)11(14)15/h1-2H,3H2,(H,12,13). The van der Waals surface area contributed by atoms with Crippen LogP contribution in [0.15, 0.2) is 21.1 Å². The number of hydrogen-bond acceptors (Lipinski definition) is 3. The van der Waals surface area contributed by atoms with Crippen LogP contribution in [-0.4, -0.2) is 16.0 Å². The van der Waals surface area contributed by atoms with Crippen LogP contribution in [-0.2, 0) is 11.2 Å². The van der Waals surface area contributed by atoms with E-state index in [0.29, 0.717) is 10.0 Å². The molecule has 0 radical (unpaired) electrons. The molecule has 0 saturated carbocycles. The highest BCUT2D eigenvalue weighted by molar-refractivity contribution is 9.13. The molecule has 1 N–H and O–H groups in total. The van der Waals surface area contributed by atoms with Gasteiger partial charge in [-0.05, 0) is 37.4 Å². The van der Waals surface area contributed by atoms with Gasteiger partial charge in [-0.3, -0.25) is 14.9 Å². The first-order valence-corrected chi connectivity index (χ1v) is 5.35. The molecule has 0 aromatic heterocycles. The number of nitro groups is 1. The van der Waals surface area contributed by atoms with Crippen molar-refractivity contribution in [3.05, 3.63) is 36.8 Å². The molecule has 0 atom stereocenters. The molecule has 80 valence electrons. The van der Waals surface area contributed by atoms with Gasteiger partial charge in [-0.25, -0.2) is 0 Å². The molecule has 0 aliphatic carbocycles. The van der Waals surface area contributed by atoms with Crippen LogP contribution in [0, 0.1) is 10.1 Å². The predicted octanol–water partition coefficient (Wildman–Crippen LogP) is 2.75. The van der Waals surface area contributed by atoms with Crippen LogP contribution in [0.5, 0.6) is 0 Å². The van der Waals surface area contributed by atoms with Gasteiger partial charge in [-0.1, -0.05) is 6.07 Å². The number of nitro benzene ring substituents is 1. The van der Waals surface area contributed by atoms with Gasteiger partial charge in [0.05, 0.1) is 11.3 Å². The van der Waals surface area contributed by atoms with Gasteiger partial charge in [-0.15, -0.1) is 0 Å². The van der Waals surface area contributed by atoms with Crippen LogP contribution >= 0.6 is 31.9 Å². The molecule has 0 spiro atoms. The van der Waals surface area contributed by atoms with E-state index in [1.54, 1.807) is 0 Å². The lowest BCUT2D eigenvalue weighted by Gasteiger charge is -2.03. The maximum atomic E-state index is 10.5. The van der Waals surface area contributed by atoms with Crippen molar-refractivity contribution in [1.82, 2.24) is 0 Å². The molecule has 1 aromatic carbocycles. The fourth-order valence-electron chi connectivity index (χ4n) is 1.02. The maximum Gasteiger partial charge on any atom is 0.307 e. The molecule has 1 rings (SSSR count). The molecule has 15 heavy (non-hydrogen) atoms. The minimum Gasteiger partial charge on any atom is -0.481 e. The molecular formula is C8H5Br2NO4. The zero-order valence-corrected chi connectivity index (χ0v) is 10.4. The Morgan fingerprint density at radius 2 is 2.00 bits per heavy atom. The highest BCUT2D eigenvalue weighted by atomic mass is 79.9. The van der Waals surface area contributed by atoms with Crippen LogP contribution in [0.2, 0.25) is 0 Å². The normalized spacial score (nSPS) is 10.0. The molecular weight excluding hydrogens is 334 g/mol. The third-order valence-electron chi connectivity index (χ3n) is 1.68. The number of rotatable bonds is 3. The summed E-state index contributed by atoms with van der Waals surface area (Å²) < 4.78 is 0.658. The summed E-state index contributed by atoms with van der Waals surface area (Å²) in [5.74, 6) is -0.989. The fraction of sp³-hybridized carbons (Fsp3) is 0.125. The second-order valence-corrected chi connectivity index (χ2v) is 4.29. The van der Waals surface area contributed by atoms with E-state index in [-0.39, 0.29) is 16.6 Å². The number of hydrogen-bond donors (Lipinski definition) is 1. The monoisotopic (exact) mass is 337 g/mol. The number of aliphatic carboxylic acids is 1. The van der Waals surface area contributed by atoms with Crippen molar-refractivity contribution in [2.24, 2.45) is 0 Å². The minimum atomic E-state index is -0.989. The Kier molecular flexibility index (Phi) is 3.81. The number of carboxylic acids is 1. The van der Waals surface area contributed by atoms with E-state index in [1.807, 2.05) is 0 Å². The largest absolute Gasteiger partial charge is 0.481 e. The van der Waals surface area contributed by atoms with E-state index < -0.39 is 10.9 Å². The second-order valence-electron chi connectivity index (χ2n) is 2.70. The number of benzene rings is 1. The van der Waals surface area contributed by atoms with Crippen molar-refractivity contribution >= 4 is 43.5 Å². The van der Waals surface area contributed by atoms with E-state index >= 15 is 0 Å². The van der Waals surface area contributed by atoms with Gasteiger partial charge in [0.15, 0.2) is 0 Å². The molecule has 0 unspecified atom stereocenters. The summed E-state index contributed by atoms with van der Waals surface area (Å²) in [5.41, 5.74) is 0.385. The first-order chi connectivity index (χ1) is 6.93. The van der Waals surface area contributed by atoms with Crippen LogP contribution in [0.1, 0.15) is 5.56 Å². The van der Waals surface area contributed by atoms with Crippen molar-refractivity contribution in [1.29, 1.82) is 0 Å². The molecule has 5 nitrogen and oxygen atoms in total. The zero-order valence-electron chi connectivity index (χ0n) is 7.24. The molecule has 0 heterocycles. The van der Waals surface area contributed by atoms with Crippen LogP contribution in [0.3, 0.4) is 0 Å². The van der Waals surface area contributed by atoms with E-state index in [1.165, 1.54) is 12.1 Å². The molecule has 0 fully saturated rings. The Morgan fingerprint density at radius 3 is 2.47 bits per heavy atom. The fourth-order valence-corrected chi connectivity index (χ4v) is 2.03. The lowest BCUT2D eigenvalue weighted by Crippen LogP contribution is -2.02. The Balaban J connectivity index is 3.21. The van der Waals surface area contributed by atoms with Gasteiger partial charge in [0.25, 0.3) is 5.69 Å². The smallest absolute Gasteiger partial charge is 0.307 e. The average molecular weight is 339 g/mol. The molecule has 0 amide bonds. The van der Waals surface area contributed by atoms with Gasteiger partial charge < -0.3 is 5.11 Å². The van der Waals surface area contributed by atoms with Gasteiger partial charge >= 0.3 is 5.97 Å². The average Bonchev–Trinajstić information content (AvgIpc) is 2.12. The lowest BCUT2D eigenvalue weighted by molar-refractivity contribution is -0.385. The van der Waals surface area contributed by atoms with Crippen molar-refractivity contribution in [3.8, 4) is 0 Å². The summed E-state index contributed by atoms with van der Waals surface area (Å²) in [6, 6.07) is 2.69. The van der Waals surface area contributed by atoms with E-state index in [2.05, 4.69) is 31.9 Å². The SMILES string of the molecule is O=C(O)Cc1ccc([N+](=O)[O-])c(Br)c1Br. The first kappa shape index (κ1) is 12.1. The van der Waals surface area contributed by atoms with Crippen LogP contribution in [0.25, 0.3) is 0 Å². The number of nitrogens with zero attached hydrogens (tertiary/aromatic N) is 1. The lowest BCUT2D eigenvalue weighted by atomic mass is 10.1. The topological polar surface area (TPSA) is 80.4 Å². The van der Waals surface area contributed by atoms with Crippen LogP contribution < -0.4 is 0 Å². The number of carboxylic acid groups (broad SMARTS) is 1. The Bertz CT molecular complexity index is 433.